The van der Waals surface area contributed by atoms with Crippen LogP contribution in [0.5, 0.6) is 0 Å². The van der Waals surface area contributed by atoms with Gasteiger partial charge in [0.25, 0.3) is 0 Å². The van der Waals surface area contributed by atoms with Crippen LogP contribution in [-0.4, -0.2) is 34.4 Å². The van der Waals surface area contributed by atoms with Gasteiger partial charge in [0.2, 0.25) is 0 Å². The minimum atomic E-state index is -2.61. The van der Waals surface area contributed by atoms with Crippen LogP contribution in [0.1, 0.15) is 22.3 Å². The maximum atomic E-state index is 5.36. The van der Waals surface area contributed by atoms with Crippen LogP contribution in [0, 0.1) is 42.0 Å². The van der Waals surface area contributed by atoms with E-state index in [1.54, 1.807) is 0 Å². The van der Waals surface area contributed by atoms with E-state index in [4.69, 9.17) is 5.73 Å². The molecule has 0 amide bonds. The van der Waals surface area contributed by atoms with Crippen molar-refractivity contribution in [1.82, 2.24) is 18.3 Å². The third-order valence-electron chi connectivity index (χ3n) is 24.8. The Hall–Kier alpha value is -12.5. The highest BCUT2D eigenvalue weighted by Gasteiger charge is 2.43. The summed E-state index contributed by atoms with van der Waals surface area (Å²) in [7, 11) is -5.21. The van der Waals surface area contributed by atoms with Crippen LogP contribution in [0.25, 0.3) is 110 Å². The summed E-state index contributed by atoms with van der Waals surface area (Å²) in [5.74, 6) is 0. The SMILES string of the molecule is Cc1ccc(-n2c3ccc(I)cc3c3cc(I)ccc32)cc1.Cc1ccc(-n2c3ccc(I)cc3c3cc([Si](c4ccccc4)(c4ccccc4)c4ccccc4)ccc32)cc1.Cc1ccc(-n2c3ccc(I)cc3c3cc([Si](c4ccccc4)(c4ccccc4)c4ccccc4)ccc32)cc1.Cc1ccc(-n2c3ccccc3c3ccccc32)cc1.F.Nc1ccccc1. The number of aryl methyl sites for hydroxylation is 4. The van der Waals surface area contributed by atoms with Gasteiger partial charge in [-0.05, 0) is 317 Å². The molecule has 0 aliphatic rings. The number of hydrogen-bond acceptors (Lipinski definition) is 1. The fourth-order valence-electron chi connectivity index (χ4n) is 18.8. The molecule has 0 radical (unpaired) electrons. The van der Waals surface area contributed by atoms with Crippen molar-refractivity contribution < 1.29 is 4.70 Å². The number of fused-ring (bicyclic) bond motifs is 12. The number of nitrogens with two attached hydrogens (primary N) is 1. The Labute approximate surface area is 815 Å². The predicted octanol–water partition coefficient (Wildman–Crippen LogP) is 27.0. The number of hydrogen-bond donors (Lipinski definition) is 1. The first-order valence-corrected chi connectivity index (χ1v) is 51.8. The average Bonchev–Trinajstić information content (AvgIpc) is 1.52. The molecule has 0 aliphatic heterocycles. The zero-order valence-electron chi connectivity index (χ0n) is 72.2. The Morgan fingerprint density at radius 1 is 0.177 bits per heavy atom. The molecule has 0 spiro atoms. The van der Waals surface area contributed by atoms with Gasteiger partial charge in [-0.2, -0.15) is 0 Å². The lowest BCUT2D eigenvalue weighted by molar-refractivity contribution is 1.11. The third-order valence-corrected chi connectivity index (χ3v) is 37.0. The highest BCUT2D eigenvalue weighted by atomic mass is 127. The van der Waals surface area contributed by atoms with E-state index < -0.39 is 16.1 Å². The first-order chi connectivity index (χ1) is 63.2. The molecule has 12 heteroatoms. The molecule has 4 heterocycles. The van der Waals surface area contributed by atoms with Crippen molar-refractivity contribution in [2.75, 3.05) is 5.73 Å². The molecule has 23 aromatic rings. The van der Waals surface area contributed by atoms with E-state index in [0.29, 0.717) is 0 Å². The second-order valence-corrected chi connectivity index (χ2v) is 45.5. The Balaban J connectivity index is 0.000000118. The summed E-state index contributed by atoms with van der Waals surface area (Å²) in [6.45, 7) is 8.53. The molecule has 0 saturated heterocycles. The lowest BCUT2D eigenvalue weighted by atomic mass is 10.1. The summed E-state index contributed by atoms with van der Waals surface area (Å²) in [5, 5.41) is 21.6. The van der Waals surface area contributed by atoms with E-state index >= 15 is 0 Å². The molecule has 0 atom stereocenters. The van der Waals surface area contributed by atoms with Crippen LogP contribution >= 0.6 is 90.4 Å². The lowest BCUT2D eigenvalue weighted by Crippen LogP contribution is -2.74. The molecule has 130 heavy (non-hydrogen) atoms. The molecule has 23 rings (SSSR count). The topological polar surface area (TPSA) is 45.7 Å². The monoisotopic (exact) mass is 2160 g/mol. The third kappa shape index (κ3) is 17.3. The molecule has 0 fully saturated rings. The number of nitrogen functional groups attached to an aromatic ring is 1. The molecule has 632 valence electrons. The van der Waals surface area contributed by atoms with Gasteiger partial charge < -0.3 is 24.0 Å². The largest absolute Gasteiger partial charge is 0.399 e. The quantitative estimate of drug-likeness (QED) is 0.0563. The van der Waals surface area contributed by atoms with Crippen LogP contribution < -0.4 is 47.2 Å². The Morgan fingerprint density at radius 2 is 0.362 bits per heavy atom. The van der Waals surface area contributed by atoms with Gasteiger partial charge in [0, 0.05) is 85.8 Å². The van der Waals surface area contributed by atoms with Crippen molar-refractivity contribution in [3.63, 3.8) is 0 Å². The zero-order chi connectivity index (χ0) is 88.1. The van der Waals surface area contributed by atoms with Crippen molar-refractivity contribution in [3.8, 4) is 22.7 Å². The van der Waals surface area contributed by atoms with Gasteiger partial charge in [-0.25, -0.2) is 0 Å². The molecule has 0 aliphatic carbocycles. The van der Waals surface area contributed by atoms with Gasteiger partial charge in [0.1, 0.15) is 0 Å². The maximum Gasteiger partial charge on any atom is 0.179 e. The van der Waals surface area contributed by atoms with Crippen molar-refractivity contribution >= 4 is 241 Å². The standard InChI is InChI=1S/2C37H28INSi.C19H13I2N.C19H15N.C6H7N.FH/c2*1-27-17-20-29(21-18-27)39-36-23-19-28(38)25-34(36)35-26-33(22-24-37(35)39)40(30-11-5-2-6-12-30,31-13-7-3-8-14-31)32-15-9-4-10-16-32;1-12-2-6-15(7-3-12)22-18-8-4-13(20)10-16(18)17-11-14(21)5-9-19(17)22;1-14-10-12-15(13-11-14)20-18-8-4-2-6-16(18)17-7-3-5-9-19(17)20;7-6-4-2-1-3-5-6;/h2*2-26H,1H3;2-11H,1H3;2-13H,1H3;1-5H,7H2;1H. The number of benzene rings is 19. The van der Waals surface area contributed by atoms with Crippen LogP contribution in [0.2, 0.25) is 0 Å². The highest BCUT2D eigenvalue weighted by Crippen LogP contribution is 2.39. The first kappa shape index (κ1) is 88.1. The summed E-state index contributed by atoms with van der Waals surface area (Å²) in [4.78, 5) is 0. The van der Waals surface area contributed by atoms with E-state index in [9.17, 15) is 0 Å². The summed E-state index contributed by atoms with van der Waals surface area (Å²) in [5.41, 5.74) is 26.1. The van der Waals surface area contributed by atoms with Gasteiger partial charge in [0.05, 0.1) is 44.1 Å². The number of aromatic nitrogens is 4. The molecule has 0 bridgehead atoms. The molecule has 0 unspecified atom stereocenters. The summed E-state index contributed by atoms with van der Waals surface area (Å²) >= 11 is 9.66. The smallest absolute Gasteiger partial charge is 0.179 e. The van der Waals surface area contributed by atoms with E-state index in [2.05, 4.69) is 573 Å². The van der Waals surface area contributed by atoms with Crippen LogP contribution in [0.3, 0.4) is 0 Å². The minimum Gasteiger partial charge on any atom is -0.399 e. The molecular formula is C118H92FI4N5Si2. The molecule has 4 aromatic heterocycles. The van der Waals surface area contributed by atoms with Gasteiger partial charge >= 0.3 is 0 Å². The van der Waals surface area contributed by atoms with Crippen LogP contribution in [0.4, 0.5) is 10.4 Å². The van der Waals surface area contributed by atoms with Gasteiger partial charge in [-0.15, -0.1) is 0 Å². The van der Waals surface area contributed by atoms with Gasteiger partial charge in [0.15, 0.2) is 16.1 Å². The summed E-state index contributed by atoms with van der Waals surface area (Å²) < 4.78 is 14.6. The Kier molecular flexibility index (Phi) is 26.5. The average molecular weight is 2160 g/mol. The van der Waals surface area contributed by atoms with Gasteiger partial charge in [-0.3, -0.25) is 4.70 Å². The van der Waals surface area contributed by atoms with Crippen molar-refractivity contribution in [1.29, 1.82) is 0 Å². The van der Waals surface area contributed by atoms with Crippen molar-refractivity contribution in [2.45, 2.75) is 27.7 Å². The molecule has 5 nitrogen and oxygen atoms in total. The second kappa shape index (κ2) is 39.0. The van der Waals surface area contributed by atoms with Crippen LogP contribution in [0.15, 0.2) is 467 Å². The molecule has 0 saturated carbocycles. The van der Waals surface area contributed by atoms with E-state index in [-0.39, 0.29) is 4.70 Å². The minimum absolute atomic E-state index is 0. The summed E-state index contributed by atoms with van der Waals surface area (Å²) in [6, 6.07) is 170. The van der Waals surface area contributed by atoms with Crippen molar-refractivity contribution in [2.24, 2.45) is 0 Å². The number of anilines is 1. The maximum absolute atomic E-state index is 5.36. The van der Waals surface area contributed by atoms with Crippen molar-refractivity contribution in [3.05, 3.63) is 504 Å². The lowest BCUT2D eigenvalue weighted by Gasteiger charge is -2.34. The number of para-hydroxylation sites is 3. The van der Waals surface area contributed by atoms with E-state index in [1.807, 2.05) is 30.3 Å². The summed E-state index contributed by atoms with van der Waals surface area (Å²) in [6.07, 6.45) is 0. The Bertz CT molecular complexity index is 7320. The normalized spacial score (nSPS) is 11.4. The van der Waals surface area contributed by atoms with E-state index in [1.165, 1.54) is 188 Å². The molecular weight excluding hydrogens is 2070 g/mol. The fraction of sp³-hybridized carbons (Fsp3) is 0.0339. The zero-order valence-corrected chi connectivity index (χ0v) is 82.9. The Morgan fingerprint density at radius 3 is 0.577 bits per heavy atom. The fourth-order valence-corrected chi connectivity index (χ4v) is 30.3. The highest BCUT2D eigenvalue weighted by molar-refractivity contribution is 14.1. The van der Waals surface area contributed by atoms with Gasteiger partial charge in [-0.1, -0.05) is 332 Å². The number of rotatable bonds is 12. The number of nitrogens with zero attached hydrogens (tertiary/aromatic N) is 4. The van der Waals surface area contributed by atoms with Crippen LogP contribution in [-0.2, 0) is 0 Å². The van der Waals surface area contributed by atoms with E-state index in [0.717, 1.165) is 5.69 Å². The first-order valence-electron chi connectivity index (χ1n) is 43.5. The molecule has 2 N–H and O–H groups in total. The second-order valence-electron chi connectivity index (χ2n) is 32.9. The molecule has 19 aromatic carbocycles. The number of halogens is 5. The predicted molar refractivity (Wildman–Crippen MR) is 594 cm³/mol.